The number of rotatable bonds is 6. The summed E-state index contributed by atoms with van der Waals surface area (Å²) in [5, 5.41) is 27.7. The van der Waals surface area contributed by atoms with E-state index in [0.29, 0.717) is 0 Å². The van der Waals surface area contributed by atoms with Crippen LogP contribution in [-0.2, 0) is 16.1 Å². The topological polar surface area (TPSA) is 122 Å². The molecule has 8 nitrogen and oxygen atoms in total. The molecule has 144 valence electrons. The number of aliphatic hydroxyl groups is 1. The van der Waals surface area contributed by atoms with E-state index >= 15 is 0 Å². The lowest BCUT2D eigenvalue weighted by molar-refractivity contribution is -0.384. The Morgan fingerprint density at radius 3 is 2.46 bits per heavy atom. The highest BCUT2D eigenvalue weighted by Gasteiger charge is 2.17. The van der Waals surface area contributed by atoms with Gasteiger partial charge in [0.2, 0.25) is 0 Å². The van der Waals surface area contributed by atoms with Crippen molar-refractivity contribution in [3.05, 3.63) is 78.7 Å². The first-order valence-electron chi connectivity index (χ1n) is 8.08. The lowest BCUT2D eigenvalue weighted by Crippen LogP contribution is -2.34. The summed E-state index contributed by atoms with van der Waals surface area (Å²) in [6, 6.07) is 12.4. The Labute approximate surface area is 167 Å². The van der Waals surface area contributed by atoms with Crippen molar-refractivity contribution in [2.45, 2.75) is 12.6 Å². The Balaban J connectivity index is 1.52. The molecule has 0 saturated heterocycles. The molecule has 0 spiro atoms. The zero-order chi connectivity index (χ0) is 20.1. The number of nitrogens with zero attached hydrogens (tertiary/aromatic N) is 1. The number of anilines is 1. The molecule has 28 heavy (non-hydrogen) atoms. The Morgan fingerprint density at radius 1 is 1.07 bits per heavy atom. The molecule has 0 fully saturated rings. The van der Waals surface area contributed by atoms with Crippen molar-refractivity contribution < 1.29 is 19.6 Å². The van der Waals surface area contributed by atoms with Crippen molar-refractivity contribution in [3.8, 4) is 0 Å². The van der Waals surface area contributed by atoms with Crippen molar-refractivity contribution in [2.24, 2.45) is 0 Å². The molecule has 1 aromatic carbocycles. The molecular formula is C18H15N3O5S2. The highest BCUT2D eigenvalue weighted by molar-refractivity contribution is 7.12. The summed E-state index contributed by atoms with van der Waals surface area (Å²) < 4.78 is 0. The van der Waals surface area contributed by atoms with Crippen molar-refractivity contribution in [2.75, 3.05) is 5.32 Å². The second kappa shape index (κ2) is 8.74. The van der Waals surface area contributed by atoms with Gasteiger partial charge in [0, 0.05) is 32.5 Å². The fourth-order valence-corrected chi connectivity index (χ4v) is 4.09. The molecule has 1 atom stereocenters. The lowest BCUT2D eigenvalue weighted by Gasteiger charge is -2.06. The third kappa shape index (κ3) is 4.80. The van der Waals surface area contributed by atoms with Gasteiger partial charge < -0.3 is 15.7 Å². The average Bonchev–Trinajstić information content (AvgIpc) is 3.38. The molecule has 3 aromatic rings. The number of non-ortho nitro benzene ring substituents is 1. The summed E-state index contributed by atoms with van der Waals surface area (Å²) in [6.07, 6.45) is -0.708. The van der Waals surface area contributed by atoms with Crippen LogP contribution in [-0.4, -0.2) is 21.8 Å². The number of nitrogens with one attached hydrogen (secondary N) is 2. The van der Waals surface area contributed by atoms with E-state index < -0.39 is 22.8 Å². The van der Waals surface area contributed by atoms with Crippen LogP contribution in [0.2, 0.25) is 0 Å². The average molecular weight is 417 g/mol. The highest BCUT2D eigenvalue weighted by atomic mass is 32.1. The van der Waals surface area contributed by atoms with Gasteiger partial charge in [0.1, 0.15) is 6.10 Å². The van der Waals surface area contributed by atoms with E-state index in [-0.39, 0.29) is 17.9 Å². The van der Waals surface area contributed by atoms with Gasteiger partial charge >= 0.3 is 11.8 Å². The van der Waals surface area contributed by atoms with E-state index in [1.165, 1.54) is 46.9 Å². The fraction of sp³-hybridized carbons (Fsp3) is 0.111. The third-order valence-corrected chi connectivity index (χ3v) is 5.79. The van der Waals surface area contributed by atoms with Crippen LogP contribution in [0, 0.1) is 10.1 Å². The van der Waals surface area contributed by atoms with Crippen molar-refractivity contribution in [1.29, 1.82) is 0 Å². The molecule has 0 aliphatic carbocycles. The van der Waals surface area contributed by atoms with E-state index in [9.17, 15) is 24.8 Å². The van der Waals surface area contributed by atoms with Crippen molar-refractivity contribution in [3.63, 3.8) is 0 Å². The smallest absolute Gasteiger partial charge is 0.313 e. The third-order valence-electron chi connectivity index (χ3n) is 3.73. The van der Waals surface area contributed by atoms with E-state index in [4.69, 9.17) is 0 Å². The van der Waals surface area contributed by atoms with Crippen LogP contribution in [0.1, 0.15) is 20.7 Å². The van der Waals surface area contributed by atoms with E-state index in [1.54, 1.807) is 12.1 Å². The van der Waals surface area contributed by atoms with Crippen LogP contribution < -0.4 is 10.6 Å². The predicted octanol–water partition coefficient (Wildman–Crippen LogP) is 3.05. The summed E-state index contributed by atoms with van der Waals surface area (Å²) in [4.78, 5) is 36.3. The second-order valence-electron chi connectivity index (χ2n) is 5.66. The van der Waals surface area contributed by atoms with Gasteiger partial charge in [-0.05, 0) is 35.7 Å². The van der Waals surface area contributed by atoms with Gasteiger partial charge in [-0.15, -0.1) is 22.7 Å². The Hall–Kier alpha value is -3.08. The van der Waals surface area contributed by atoms with Crippen molar-refractivity contribution in [1.82, 2.24) is 5.32 Å². The number of aliphatic hydroxyl groups excluding tert-OH is 1. The number of hydrogen-bond acceptors (Lipinski definition) is 7. The Kier molecular flexibility index (Phi) is 6.14. The molecule has 0 radical (unpaired) electrons. The molecule has 0 aliphatic rings. The molecule has 1 unspecified atom stereocenters. The van der Waals surface area contributed by atoms with Gasteiger partial charge in [-0.3, -0.25) is 19.7 Å². The summed E-state index contributed by atoms with van der Waals surface area (Å²) in [5.74, 6) is -1.70. The van der Waals surface area contributed by atoms with E-state index in [2.05, 4.69) is 10.6 Å². The first kappa shape index (κ1) is 19.7. The van der Waals surface area contributed by atoms with E-state index in [1.807, 2.05) is 17.5 Å². The number of carbonyl (C=O) groups excluding carboxylic acids is 2. The van der Waals surface area contributed by atoms with E-state index in [0.717, 1.165) is 14.6 Å². The van der Waals surface area contributed by atoms with Gasteiger partial charge in [0.25, 0.3) is 5.69 Å². The normalized spacial score (nSPS) is 11.6. The molecule has 0 bridgehead atoms. The standard InChI is InChI=1S/C18H15N3O5S2/c22-16(14-2-1-9-27-14)15-8-7-13(28-15)10-19-17(23)18(24)20-11-3-5-12(6-4-11)21(25)26/h1-9,16,22H,10H2,(H,19,23)(H,20,24). The minimum Gasteiger partial charge on any atom is -0.382 e. The first-order valence-corrected chi connectivity index (χ1v) is 9.77. The zero-order valence-corrected chi connectivity index (χ0v) is 16.0. The largest absolute Gasteiger partial charge is 0.382 e. The van der Waals surface area contributed by atoms with Crippen LogP contribution in [0.3, 0.4) is 0 Å². The monoisotopic (exact) mass is 417 g/mol. The van der Waals surface area contributed by atoms with Crippen LogP contribution in [0.4, 0.5) is 11.4 Å². The maximum atomic E-state index is 11.9. The summed E-state index contributed by atoms with van der Waals surface area (Å²) in [5.41, 5.74) is 0.170. The number of nitro benzene ring substituents is 1. The molecular weight excluding hydrogens is 402 g/mol. The summed E-state index contributed by atoms with van der Waals surface area (Å²) >= 11 is 2.80. The lowest BCUT2D eigenvalue weighted by atomic mass is 10.2. The number of benzene rings is 1. The second-order valence-corrected chi connectivity index (χ2v) is 7.84. The van der Waals surface area contributed by atoms with Gasteiger partial charge in [-0.1, -0.05) is 6.07 Å². The maximum absolute atomic E-state index is 11.9. The molecule has 3 N–H and O–H groups in total. The first-order chi connectivity index (χ1) is 13.4. The summed E-state index contributed by atoms with van der Waals surface area (Å²) in [7, 11) is 0. The van der Waals surface area contributed by atoms with Gasteiger partial charge in [-0.2, -0.15) is 0 Å². The van der Waals surface area contributed by atoms with Crippen molar-refractivity contribution >= 4 is 45.9 Å². The molecule has 2 aromatic heterocycles. The minimum atomic E-state index is -0.871. The SMILES string of the molecule is O=C(NCc1ccc(C(O)c2cccs2)s1)C(=O)Nc1ccc([N+](=O)[O-])cc1. The molecule has 10 heteroatoms. The number of nitro groups is 1. The van der Waals surface area contributed by atoms with Crippen LogP contribution >= 0.6 is 22.7 Å². The van der Waals surface area contributed by atoms with Crippen LogP contribution in [0.5, 0.6) is 0 Å². The molecule has 0 saturated carbocycles. The van der Waals surface area contributed by atoms with Gasteiger partial charge in [-0.25, -0.2) is 0 Å². The molecule has 0 aliphatic heterocycles. The van der Waals surface area contributed by atoms with Gasteiger partial charge in [0.05, 0.1) is 11.5 Å². The number of amides is 2. The summed E-state index contributed by atoms with van der Waals surface area (Å²) in [6.45, 7) is 0.147. The number of carbonyl (C=O) groups is 2. The highest BCUT2D eigenvalue weighted by Crippen LogP contribution is 2.30. The maximum Gasteiger partial charge on any atom is 0.313 e. The zero-order valence-electron chi connectivity index (χ0n) is 14.3. The Bertz CT molecular complexity index is 983. The molecule has 2 heterocycles. The molecule has 2 amide bonds. The molecule has 3 rings (SSSR count). The Morgan fingerprint density at radius 2 is 1.82 bits per heavy atom. The van der Waals surface area contributed by atoms with Crippen LogP contribution in [0.25, 0.3) is 0 Å². The van der Waals surface area contributed by atoms with Gasteiger partial charge in [0.15, 0.2) is 0 Å². The minimum absolute atomic E-state index is 0.110. The number of thiophene rings is 2. The number of hydrogen-bond donors (Lipinski definition) is 3. The predicted molar refractivity (Wildman–Crippen MR) is 106 cm³/mol. The van der Waals surface area contributed by atoms with Crippen LogP contribution in [0.15, 0.2) is 53.9 Å². The quantitative estimate of drug-likeness (QED) is 0.323. The fourth-order valence-electron chi connectivity index (χ4n) is 2.33.